The lowest BCUT2D eigenvalue weighted by Gasteiger charge is -2.34. The van der Waals surface area contributed by atoms with Crippen LogP contribution in [0.3, 0.4) is 0 Å². The Morgan fingerprint density at radius 1 is 1.12 bits per heavy atom. The fourth-order valence-electron chi connectivity index (χ4n) is 4.85. The van der Waals surface area contributed by atoms with Gasteiger partial charge in [0, 0.05) is 32.3 Å². The molecule has 0 atom stereocenters. The number of carbonyl (C=O) groups excluding carboxylic acids is 1. The first kappa shape index (κ1) is 22.7. The third-order valence-corrected chi connectivity index (χ3v) is 6.65. The van der Waals surface area contributed by atoms with Gasteiger partial charge in [-0.15, -0.1) is 0 Å². The van der Waals surface area contributed by atoms with Crippen LogP contribution in [0.15, 0.2) is 60.2 Å². The van der Waals surface area contributed by atoms with Gasteiger partial charge in [0.15, 0.2) is 5.78 Å². The lowest BCUT2D eigenvalue weighted by molar-refractivity contribution is -0.117. The summed E-state index contributed by atoms with van der Waals surface area (Å²) in [4.78, 5) is 13.9. The molecule has 0 unspecified atom stereocenters. The molecule has 0 aromatic heterocycles. The number of fused-ring (bicyclic) bond motifs is 1. The number of ketones is 1. The highest BCUT2D eigenvalue weighted by Crippen LogP contribution is 2.35. The Balaban J connectivity index is 1.45. The zero-order chi connectivity index (χ0) is 22.3. The Morgan fingerprint density at radius 3 is 2.62 bits per heavy atom. The molecule has 0 amide bonds. The molecule has 1 aliphatic carbocycles. The predicted molar refractivity (Wildman–Crippen MR) is 129 cm³/mol. The summed E-state index contributed by atoms with van der Waals surface area (Å²) in [7, 11) is 0. The topological polar surface area (TPSA) is 49.8 Å². The first-order chi connectivity index (χ1) is 15.6. The summed E-state index contributed by atoms with van der Waals surface area (Å²) in [5, 5.41) is 8.86. The number of allylic oxidation sites excluding steroid dienone is 1. The number of hydrogen-bond acceptors (Lipinski definition) is 4. The molecular formula is C28H33NO3. The van der Waals surface area contributed by atoms with Gasteiger partial charge in [-0.25, -0.2) is 0 Å². The van der Waals surface area contributed by atoms with Crippen molar-refractivity contribution in [3.8, 4) is 0 Å². The van der Waals surface area contributed by atoms with E-state index in [-0.39, 0.29) is 5.78 Å². The minimum absolute atomic E-state index is 0.280. The highest BCUT2D eigenvalue weighted by atomic mass is 16.5. The van der Waals surface area contributed by atoms with E-state index in [1.54, 1.807) is 6.08 Å². The van der Waals surface area contributed by atoms with Gasteiger partial charge in [-0.3, -0.25) is 9.69 Å². The van der Waals surface area contributed by atoms with Gasteiger partial charge in [-0.05, 0) is 66.5 Å². The number of hydrogen-bond donors (Lipinski definition) is 1. The van der Waals surface area contributed by atoms with Crippen molar-refractivity contribution in [2.75, 3.05) is 26.4 Å². The number of aliphatic hydroxyl groups excluding tert-OH is 1. The van der Waals surface area contributed by atoms with Crippen molar-refractivity contribution in [2.45, 2.75) is 45.2 Å². The van der Waals surface area contributed by atoms with Crippen LogP contribution >= 0.6 is 0 Å². The summed E-state index contributed by atoms with van der Waals surface area (Å²) >= 11 is 0. The van der Waals surface area contributed by atoms with Crippen LogP contribution < -0.4 is 0 Å². The maximum Gasteiger partial charge on any atom is 0.181 e. The number of carbonyl (C=O) groups is 1. The first-order valence-electron chi connectivity index (χ1n) is 11.6. The smallest absolute Gasteiger partial charge is 0.181 e. The molecule has 32 heavy (non-hydrogen) atoms. The maximum absolute atomic E-state index is 11.3. The number of ether oxygens (including phenoxy) is 1. The van der Waals surface area contributed by atoms with Crippen LogP contribution in [0.2, 0.25) is 0 Å². The minimum Gasteiger partial charge on any atom is -0.388 e. The number of rotatable bonds is 9. The van der Waals surface area contributed by atoms with Crippen molar-refractivity contribution in [3.05, 3.63) is 82.4 Å². The molecule has 0 spiro atoms. The summed E-state index contributed by atoms with van der Waals surface area (Å²) in [6, 6.07) is 17.7. The highest BCUT2D eigenvalue weighted by molar-refractivity contribution is 5.94. The van der Waals surface area contributed by atoms with E-state index >= 15 is 0 Å². The summed E-state index contributed by atoms with van der Waals surface area (Å²) < 4.78 is 5.62. The molecule has 2 aromatic rings. The zero-order valence-electron chi connectivity index (χ0n) is 18.9. The SMILES string of the molecule is CC1=C(CCN(Cc2ccc(/C=C/C(=O)CO)cc2)C2CCOCC2)c2ccccc2C1. The zero-order valence-corrected chi connectivity index (χ0v) is 18.9. The van der Waals surface area contributed by atoms with Gasteiger partial charge in [-0.1, -0.05) is 60.2 Å². The standard InChI is InChI=1S/C28H33NO3/c1-21-18-24-4-2-3-5-28(24)27(21)12-15-29(25-13-16-32-17-14-25)19-23-8-6-22(7-9-23)10-11-26(31)20-30/h2-11,25,30H,12-20H2,1H3/b11-10+. The lowest BCUT2D eigenvalue weighted by Crippen LogP contribution is -2.39. The van der Waals surface area contributed by atoms with Crippen LogP contribution in [-0.4, -0.2) is 48.2 Å². The van der Waals surface area contributed by atoms with Crippen LogP contribution in [-0.2, 0) is 22.5 Å². The fourth-order valence-corrected chi connectivity index (χ4v) is 4.85. The third kappa shape index (κ3) is 5.63. The third-order valence-electron chi connectivity index (χ3n) is 6.65. The first-order valence-corrected chi connectivity index (χ1v) is 11.6. The Kier molecular flexibility index (Phi) is 7.69. The van der Waals surface area contributed by atoms with Crippen molar-refractivity contribution in [1.29, 1.82) is 0 Å². The molecule has 1 saturated heterocycles. The second kappa shape index (κ2) is 10.9. The van der Waals surface area contributed by atoms with Crippen molar-refractivity contribution in [1.82, 2.24) is 4.90 Å². The van der Waals surface area contributed by atoms with E-state index < -0.39 is 6.61 Å². The maximum atomic E-state index is 11.3. The Morgan fingerprint density at radius 2 is 1.88 bits per heavy atom. The second-order valence-corrected chi connectivity index (χ2v) is 8.86. The van der Waals surface area contributed by atoms with Gasteiger partial charge >= 0.3 is 0 Å². The van der Waals surface area contributed by atoms with E-state index in [9.17, 15) is 4.79 Å². The van der Waals surface area contributed by atoms with Crippen LogP contribution in [0.1, 0.15) is 48.4 Å². The van der Waals surface area contributed by atoms with Crippen molar-refractivity contribution >= 4 is 17.4 Å². The summed E-state index contributed by atoms with van der Waals surface area (Å²) in [5.41, 5.74) is 8.17. The largest absolute Gasteiger partial charge is 0.388 e. The molecule has 4 heteroatoms. The molecule has 0 saturated carbocycles. The molecule has 1 fully saturated rings. The number of benzene rings is 2. The van der Waals surface area contributed by atoms with E-state index in [4.69, 9.17) is 9.84 Å². The molecule has 4 nitrogen and oxygen atoms in total. The average molecular weight is 432 g/mol. The van der Waals surface area contributed by atoms with Crippen LogP contribution in [0.5, 0.6) is 0 Å². The lowest BCUT2D eigenvalue weighted by atomic mass is 10.00. The fraction of sp³-hybridized carbons (Fsp3) is 0.393. The Labute approximate surface area is 191 Å². The van der Waals surface area contributed by atoms with Crippen LogP contribution in [0.4, 0.5) is 0 Å². The van der Waals surface area contributed by atoms with Crippen molar-refractivity contribution in [2.24, 2.45) is 0 Å². The van der Waals surface area contributed by atoms with Gasteiger partial charge < -0.3 is 9.84 Å². The van der Waals surface area contributed by atoms with E-state index in [0.29, 0.717) is 6.04 Å². The highest BCUT2D eigenvalue weighted by Gasteiger charge is 2.24. The average Bonchev–Trinajstić information content (AvgIpc) is 3.16. The molecule has 0 radical (unpaired) electrons. The van der Waals surface area contributed by atoms with Gasteiger partial charge in [0.1, 0.15) is 6.61 Å². The second-order valence-electron chi connectivity index (χ2n) is 8.86. The normalized spacial score (nSPS) is 16.8. The molecular weight excluding hydrogens is 398 g/mol. The van der Waals surface area contributed by atoms with E-state index in [0.717, 1.165) is 57.6 Å². The molecule has 2 aliphatic rings. The van der Waals surface area contributed by atoms with Gasteiger partial charge in [0.25, 0.3) is 0 Å². The van der Waals surface area contributed by atoms with E-state index in [1.165, 1.54) is 33.9 Å². The molecule has 1 heterocycles. The van der Waals surface area contributed by atoms with Crippen molar-refractivity contribution < 1.29 is 14.6 Å². The monoisotopic (exact) mass is 431 g/mol. The predicted octanol–water partition coefficient (Wildman–Crippen LogP) is 4.66. The van der Waals surface area contributed by atoms with E-state index in [1.807, 2.05) is 12.1 Å². The molecule has 2 aromatic carbocycles. The molecule has 1 aliphatic heterocycles. The summed E-state index contributed by atoms with van der Waals surface area (Å²) in [6.07, 6.45) is 7.50. The Hall–Kier alpha value is -2.53. The minimum atomic E-state index is -0.449. The summed E-state index contributed by atoms with van der Waals surface area (Å²) in [5.74, 6) is -0.280. The van der Waals surface area contributed by atoms with Crippen LogP contribution in [0.25, 0.3) is 11.6 Å². The summed E-state index contributed by atoms with van der Waals surface area (Å²) in [6.45, 7) is 5.47. The van der Waals surface area contributed by atoms with Crippen LogP contribution in [0, 0.1) is 0 Å². The molecule has 0 bridgehead atoms. The number of aliphatic hydroxyl groups is 1. The molecule has 4 rings (SSSR count). The van der Waals surface area contributed by atoms with Gasteiger partial charge in [-0.2, -0.15) is 0 Å². The molecule has 168 valence electrons. The Bertz CT molecular complexity index is 984. The number of nitrogens with zero attached hydrogens (tertiary/aromatic N) is 1. The van der Waals surface area contributed by atoms with E-state index in [2.05, 4.69) is 48.2 Å². The quantitative estimate of drug-likeness (QED) is 0.587. The molecule has 1 N–H and O–H groups in total. The van der Waals surface area contributed by atoms with Crippen molar-refractivity contribution in [3.63, 3.8) is 0 Å². The van der Waals surface area contributed by atoms with Gasteiger partial charge in [0.05, 0.1) is 0 Å². The van der Waals surface area contributed by atoms with Gasteiger partial charge in [0.2, 0.25) is 0 Å².